The number of rotatable bonds is 5. The van der Waals surface area contributed by atoms with Gasteiger partial charge >= 0.3 is 0 Å². The molecule has 1 aliphatic rings. The highest BCUT2D eigenvalue weighted by molar-refractivity contribution is 5.95. The number of primary amides is 1. The van der Waals surface area contributed by atoms with Crippen molar-refractivity contribution in [1.82, 2.24) is 24.1 Å². The Morgan fingerprint density at radius 2 is 1.89 bits per heavy atom. The number of amides is 1. The Labute approximate surface area is 206 Å². The summed E-state index contributed by atoms with van der Waals surface area (Å²) in [5, 5.41) is 8.84. The highest BCUT2D eigenvalue weighted by atomic mass is 16.5. The van der Waals surface area contributed by atoms with Crippen molar-refractivity contribution >= 4 is 28.3 Å². The summed E-state index contributed by atoms with van der Waals surface area (Å²) < 4.78 is 9.24. The van der Waals surface area contributed by atoms with Crippen LogP contribution in [0.3, 0.4) is 0 Å². The lowest BCUT2D eigenvalue weighted by atomic mass is 10.1. The number of carbonyl (C=O) groups is 1. The number of nitrogens with two attached hydrogens (primary N) is 1. The van der Waals surface area contributed by atoms with Crippen LogP contribution in [0.2, 0.25) is 0 Å². The highest BCUT2D eigenvalue weighted by Gasteiger charge is 2.22. The van der Waals surface area contributed by atoms with Crippen LogP contribution in [0.15, 0.2) is 36.8 Å². The van der Waals surface area contributed by atoms with Gasteiger partial charge < -0.3 is 20.4 Å². The summed E-state index contributed by atoms with van der Waals surface area (Å²) >= 11 is 0. The molecule has 4 aromatic heterocycles. The van der Waals surface area contributed by atoms with E-state index in [2.05, 4.69) is 39.9 Å². The van der Waals surface area contributed by atoms with Crippen molar-refractivity contribution in [3.05, 3.63) is 42.5 Å². The maximum atomic E-state index is 11.8. The Morgan fingerprint density at radius 3 is 2.51 bits per heavy atom. The second kappa shape index (κ2) is 12.3. The van der Waals surface area contributed by atoms with Crippen molar-refractivity contribution in [3.8, 4) is 11.3 Å². The third-order valence-electron chi connectivity index (χ3n) is 5.94. The van der Waals surface area contributed by atoms with Gasteiger partial charge in [0.25, 0.3) is 5.91 Å². The van der Waals surface area contributed by atoms with Gasteiger partial charge in [-0.15, -0.1) is 0 Å². The molecule has 0 aromatic carbocycles. The molecular formula is C26H37N7O2. The molecule has 9 heteroatoms. The number of hydrogen-bond donors (Lipinski definition) is 2. The summed E-state index contributed by atoms with van der Waals surface area (Å²) in [5.41, 5.74) is 9.65. The Bertz CT molecular complexity index is 1250. The molecule has 5 heterocycles. The first-order chi connectivity index (χ1) is 17.1. The number of hydrogen-bond acceptors (Lipinski definition) is 6. The molecule has 0 unspecified atom stereocenters. The number of nitrogens with one attached hydrogen (secondary N) is 1. The van der Waals surface area contributed by atoms with Crippen molar-refractivity contribution < 1.29 is 9.53 Å². The minimum Gasteiger partial charge on any atom is -0.385 e. The predicted octanol–water partition coefficient (Wildman–Crippen LogP) is 5.07. The Kier molecular flexibility index (Phi) is 9.19. The Morgan fingerprint density at radius 1 is 1.17 bits per heavy atom. The number of imidazole rings is 1. The molecule has 0 saturated carbocycles. The van der Waals surface area contributed by atoms with Gasteiger partial charge in [-0.3, -0.25) is 4.79 Å². The lowest BCUT2D eigenvalue weighted by molar-refractivity contribution is 0.0706. The average Bonchev–Trinajstić information content (AvgIpc) is 3.52. The molecule has 5 rings (SSSR count). The fourth-order valence-corrected chi connectivity index (χ4v) is 3.98. The van der Waals surface area contributed by atoms with Crippen LogP contribution in [0.5, 0.6) is 0 Å². The zero-order valence-electron chi connectivity index (χ0n) is 21.4. The summed E-state index contributed by atoms with van der Waals surface area (Å²) in [6.07, 6.45) is 9.88. The second-order valence-electron chi connectivity index (χ2n) is 8.10. The van der Waals surface area contributed by atoms with Crippen molar-refractivity contribution in [2.75, 3.05) is 25.6 Å². The fraction of sp³-hybridized carbons (Fsp3) is 0.462. The van der Waals surface area contributed by atoms with Gasteiger partial charge in [0.1, 0.15) is 11.3 Å². The number of carbonyl (C=O) groups excluding carboxylic acids is 1. The molecular weight excluding hydrogens is 442 g/mol. The van der Waals surface area contributed by atoms with Crippen LogP contribution in [0, 0.1) is 0 Å². The topological polar surface area (TPSA) is 112 Å². The predicted molar refractivity (Wildman–Crippen MR) is 141 cm³/mol. The molecule has 1 fully saturated rings. The van der Waals surface area contributed by atoms with Crippen LogP contribution in [-0.2, 0) is 4.74 Å². The van der Waals surface area contributed by atoms with Gasteiger partial charge in [-0.05, 0) is 31.0 Å². The zero-order valence-corrected chi connectivity index (χ0v) is 21.4. The first-order valence-corrected chi connectivity index (χ1v) is 12.5. The summed E-state index contributed by atoms with van der Waals surface area (Å²) in [6, 6.07) is 6.23. The van der Waals surface area contributed by atoms with E-state index < -0.39 is 5.91 Å². The maximum absolute atomic E-state index is 11.8. The monoisotopic (exact) mass is 479 g/mol. The summed E-state index contributed by atoms with van der Waals surface area (Å²) in [4.78, 5) is 20.7. The molecule has 4 aromatic rings. The van der Waals surface area contributed by atoms with Gasteiger partial charge in [0.15, 0.2) is 5.65 Å². The van der Waals surface area contributed by atoms with Crippen LogP contribution in [0.25, 0.3) is 27.9 Å². The van der Waals surface area contributed by atoms with Crippen molar-refractivity contribution in [3.63, 3.8) is 0 Å². The third-order valence-corrected chi connectivity index (χ3v) is 5.94. The molecule has 188 valence electrons. The zero-order chi connectivity index (χ0) is 25.4. The van der Waals surface area contributed by atoms with Gasteiger partial charge in [0.05, 0.1) is 17.6 Å². The van der Waals surface area contributed by atoms with Crippen molar-refractivity contribution in [1.29, 1.82) is 0 Å². The molecule has 0 spiro atoms. The molecule has 0 radical (unpaired) electrons. The molecule has 35 heavy (non-hydrogen) atoms. The van der Waals surface area contributed by atoms with E-state index in [0.717, 1.165) is 48.3 Å². The number of aromatic nitrogens is 5. The van der Waals surface area contributed by atoms with Crippen LogP contribution in [0.1, 0.15) is 69.9 Å². The van der Waals surface area contributed by atoms with E-state index in [1.807, 2.05) is 39.1 Å². The van der Waals surface area contributed by atoms with Gasteiger partial charge in [0, 0.05) is 49.6 Å². The van der Waals surface area contributed by atoms with Gasteiger partial charge in [-0.25, -0.2) is 14.5 Å². The second-order valence-corrected chi connectivity index (χ2v) is 8.10. The highest BCUT2D eigenvalue weighted by Crippen LogP contribution is 2.34. The van der Waals surface area contributed by atoms with E-state index in [1.165, 1.54) is 23.6 Å². The normalized spacial score (nSPS) is 13.6. The third kappa shape index (κ3) is 5.45. The van der Waals surface area contributed by atoms with E-state index in [9.17, 15) is 4.79 Å². The number of unbranched alkanes of at least 4 members (excludes halogenated alkanes) is 1. The van der Waals surface area contributed by atoms with E-state index in [-0.39, 0.29) is 5.69 Å². The number of pyridine rings is 1. The van der Waals surface area contributed by atoms with Gasteiger partial charge in [-0.2, -0.15) is 5.10 Å². The van der Waals surface area contributed by atoms with E-state index in [0.29, 0.717) is 17.4 Å². The quantitative estimate of drug-likeness (QED) is 0.413. The Balaban J connectivity index is 0.000000521. The van der Waals surface area contributed by atoms with E-state index in [1.54, 1.807) is 6.20 Å². The van der Waals surface area contributed by atoms with Crippen LogP contribution < -0.4 is 11.1 Å². The van der Waals surface area contributed by atoms with Crippen molar-refractivity contribution in [2.24, 2.45) is 5.73 Å². The smallest absolute Gasteiger partial charge is 0.269 e. The SMILES string of the molecule is CC.CCCC.CNc1cc(-c2cn(C3CCOCC3)c3ncccc23)nn2c(C(N)=O)cnc12. The maximum Gasteiger partial charge on any atom is 0.269 e. The lowest BCUT2D eigenvalue weighted by Crippen LogP contribution is -2.19. The molecule has 0 bridgehead atoms. The fourth-order valence-electron chi connectivity index (χ4n) is 3.98. The Hall–Kier alpha value is -3.46. The van der Waals surface area contributed by atoms with Crippen LogP contribution in [0.4, 0.5) is 5.69 Å². The molecule has 9 nitrogen and oxygen atoms in total. The lowest BCUT2D eigenvalue weighted by Gasteiger charge is -2.24. The van der Waals surface area contributed by atoms with Crippen molar-refractivity contribution in [2.45, 2.75) is 59.4 Å². The molecule has 0 atom stereocenters. The molecule has 3 N–H and O–H groups in total. The van der Waals surface area contributed by atoms with Gasteiger partial charge in [-0.1, -0.05) is 40.5 Å². The minimum absolute atomic E-state index is 0.240. The molecule has 1 amide bonds. The van der Waals surface area contributed by atoms with E-state index >= 15 is 0 Å². The first kappa shape index (κ1) is 26.2. The first-order valence-electron chi connectivity index (χ1n) is 12.5. The summed E-state index contributed by atoms with van der Waals surface area (Å²) in [5.74, 6) is -0.574. The molecule has 0 aliphatic carbocycles. The van der Waals surface area contributed by atoms with Crippen LogP contribution >= 0.6 is 0 Å². The largest absolute Gasteiger partial charge is 0.385 e. The number of anilines is 1. The molecule has 1 saturated heterocycles. The number of ether oxygens (including phenoxy) is 1. The number of fused-ring (bicyclic) bond motifs is 2. The summed E-state index contributed by atoms with van der Waals surface area (Å²) in [7, 11) is 1.81. The van der Waals surface area contributed by atoms with E-state index in [4.69, 9.17) is 15.6 Å². The number of nitrogens with zero attached hydrogens (tertiary/aromatic N) is 5. The average molecular weight is 480 g/mol. The minimum atomic E-state index is -0.574. The molecule has 1 aliphatic heterocycles. The van der Waals surface area contributed by atoms with Gasteiger partial charge in [0.2, 0.25) is 0 Å². The standard InChI is InChI=1S/C20H21N7O2.C4H10.C2H6/c1-22-16-9-15(25-27-17(18(21)28)10-24-20(16)27)14-11-26(12-4-7-29-8-5-12)19-13(14)3-2-6-23-19;1-3-4-2;1-2/h2-3,6,9-12,22H,4-5,7-8H2,1H3,(H2,21,28);3-4H2,1-2H3;1-2H3. The van der Waals surface area contributed by atoms with Crippen LogP contribution in [-0.4, -0.2) is 50.3 Å². The summed E-state index contributed by atoms with van der Waals surface area (Å²) in [6.45, 7) is 9.86.